The van der Waals surface area contributed by atoms with Crippen molar-refractivity contribution in [3.63, 3.8) is 0 Å². The van der Waals surface area contributed by atoms with Crippen LogP contribution in [0, 0.1) is 0 Å². The second-order valence-corrected chi connectivity index (χ2v) is 5.96. The minimum Gasteiger partial charge on any atom is -0.493 e. The van der Waals surface area contributed by atoms with Crippen LogP contribution in [0.25, 0.3) is 10.9 Å². The van der Waals surface area contributed by atoms with Crippen molar-refractivity contribution in [2.45, 2.75) is 20.5 Å². The Bertz CT molecular complexity index is 956. The Morgan fingerprint density at radius 3 is 2.43 bits per heavy atom. The van der Waals surface area contributed by atoms with Crippen LogP contribution in [0.15, 0.2) is 48.5 Å². The van der Waals surface area contributed by atoms with E-state index in [1.807, 2.05) is 37.3 Å². The third-order valence-electron chi connectivity index (χ3n) is 4.08. The lowest BCUT2D eigenvalue weighted by Gasteiger charge is -2.14. The van der Waals surface area contributed by atoms with Crippen molar-refractivity contribution in [1.82, 2.24) is 4.98 Å². The number of carbonyl (C=O) groups is 1. The summed E-state index contributed by atoms with van der Waals surface area (Å²) in [5.41, 5.74) is 1.97. The van der Waals surface area contributed by atoms with Gasteiger partial charge in [-0.05, 0) is 31.5 Å². The molecule has 6 nitrogen and oxygen atoms in total. The molecule has 0 bridgehead atoms. The number of methoxy groups -OCH3 is 1. The minimum absolute atomic E-state index is 0.243. The number of nitrogens with zero attached hydrogens (tertiary/aromatic N) is 1. The van der Waals surface area contributed by atoms with Gasteiger partial charge in [-0.3, -0.25) is 0 Å². The summed E-state index contributed by atoms with van der Waals surface area (Å²) in [5.74, 6) is 0.901. The molecule has 146 valence electrons. The molecule has 0 atom stereocenters. The van der Waals surface area contributed by atoms with Crippen molar-refractivity contribution < 1.29 is 23.7 Å². The number of hydrogen-bond donors (Lipinski definition) is 0. The van der Waals surface area contributed by atoms with E-state index in [0.717, 1.165) is 10.9 Å². The van der Waals surface area contributed by atoms with Gasteiger partial charge in [0.05, 0.1) is 25.8 Å². The van der Waals surface area contributed by atoms with Crippen molar-refractivity contribution in [3.05, 3.63) is 59.7 Å². The Morgan fingerprint density at radius 2 is 1.75 bits per heavy atom. The highest BCUT2D eigenvalue weighted by Crippen LogP contribution is 2.34. The molecule has 0 aliphatic carbocycles. The Labute approximate surface area is 164 Å². The normalized spacial score (nSPS) is 10.5. The van der Waals surface area contributed by atoms with Crippen LogP contribution in [0.4, 0.5) is 0 Å². The van der Waals surface area contributed by atoms with Gasteiger partial charge in [0.25, 0.3) is 0 Å². The molecular weight excluding hydrogens is 358 g/mol. The summed E-state index contributed by atoms with van der Waals surface area (Å²) in [4.78, 5) is 16.8. The molecule has 28 heavy (non-hydrogen) atoms. The van der Waals surface area contributed by atoms with E-state index in [2.05, 4.69) is 4.98 Å². The Kier molecular flexibility index (Phi) is 6.32. The van der Waals surface area contributed by atoms with E-state index in [9.17, 15) is 4.79 Å². The summed E-state index contributed by atoms with van der Waals surface area (Å²) in [6, 6.07) is 15.1. The molecule has 1 heterocycles. The van der Waals surface area contributed by atoms with Gasteiger partial charge in [-0.25, -0.2) is 9.78 Å². The predicted molar refractivity (Wildman–Crippen MR) is 106 cm³/mol. The zero-order valence-corrected chi connectivity index (χ0v) is 16.2. The fourth-order valence-corrected chi connectivity index (χ4v) is 2.77. The highest BCUT2D eigenvalue weighted by atomic mass is 16.5. The van der Waals surface area contributed by atoms with Crippen LogP contribution in [0.1, 0.15) is 29.8 Å². The number of benzene rings is 2. The molecule has 0 unspecified atom stereocenters. The average Bonchev–Trinajstić information content (AvgIpc) is 2.72. The Balaban J connectivity index is 1.99. The lowest BCUT2D eigenvalue weighted by molar-refractivity contribution is 0.0521. The van der Waals surface area contributed by atoms with Crippen LogP contribution in [0.3, 0.4) is 0 Å². The third-order valence-corrected chi connectivity index (χ3v) is 4.08. The summed E-state index contributed by atoms with van der Waals surface area (Å²) in [6.07, 6.45) is 0. The standard InChI is InChI=1S/C22H23NO5/c1-4-26-21-17(22(24)27-5-2)11-16-12-19(25-3)20(13-18(16)23-21)28-14-15-9-7-6-8-10-15/h6-13H,4-5,14H2,1-3H3. The van der Waals surface area contributed by atoms with Gasteiger partial charge < -0.3 is 18.9 Å². The first-order valence-corrected chi connectivity index (χ1v) is 9.15. The van der Waals surface area contributed by atoms with E-state index < -0.39 is 5.97 Å². The van der Waals surface area contributed by atoms with Crippen LogP contribution in [0.5, 0.6) is 17.4 Å². The highest BCUT2D eigenvalue weighted by molar-refractivity contribution is 5.97. The van der Waals surface area contributed by atoms with Gasteiger partial charge in [0.2, 0.25) is 5.88 Å². The van der Waals surface area contributed by atoms with Crippen LogP contribution >= 0.6 is 0 Å². The molecule has 0 saturated heterocycles. The molecule has 0 spiro atoms. The van der Waals surface area contributed by atoms with Crippen molar-refractivity contribution >= 4 is 16.9 Å². The first kappa shape index (κ1) is 19.5. The second kappa shape index (κ2) is 9.08. The maximum absolute atomic E-state index is 12.3. The fourth-order valence-electron chi connectivity index (χ4n) is 2.77. The van der Waals surface area contributed by atoms with Crippen LogP contribution in [-0.4, -0.2) is 31.3 Å². The minimum atomic E-state index is -0.469. The Morgan fingerprint density at radius 1 is 0.964 bits per heavy atom. The van der Waals surface area contributed by atoms with E-state index in [1.54, 1.807) is 32.2 Å². The van der Waals surface area contributed by atoms with Crippen molar-refractivity contribution in [2.75, 3.05) is 20.3 Å². The van der Waals surface area contributed by atoms with Crippen LogP contribution < -0.4 is 14.2 Å². The molecule has 2 aromatic carbocycles. The topological polar surface area (TPSA) is 66.9 Å². The van der Waals surface area contributed by atoms with Crippen molar-refractivity contribution in [2.24, 2.45) is 0 Å². The van der Waals surface area contributed by atoms with Crippen LogP contribution in [0.2, 0.25) is 0 Å². The van der Waals surface area contributed by atoms with Gasteiger partial charge in [0.1, 0.15) is 12.2 Å². The molecule has 0 aliphatic heterocycles. The maximum Gasteiger partial charge on any atom is 0.343 e. The molecular formula is C22H23NO5. The van der Waals surface area contributed by atoms with E-state index in [1.165, 1.54) is 0 Å². The fraction of sp³-hybridized carbons (Fsp3) is 0.273. The lowest BCUT2D eigenvalue weighted by atomic mass is 10.1. The molecule has 1 aromatic heterocycles. The van der Waals surface area contributed by atoms with Gasteiger partial charge in [-0.15, -0.1) is 0 Å². The second-order valence-electron chi connectivity index (χ2n) is 5.96. The monoisotopic (exact) mass is 381 g/mol. The molecule has 6 heteroatoms. The summed E-state index contributed by atoms with van der Waals surface area (Å²) < 4.78 is 22.1. The SMILES string of the molecule is CCOC(=O)c1cc2cc(OC)c(OCc3ccccc3)cc2nc1OCC. The number of pyridine rings is 1. The number of hydrogen-bond acceptors (Lipinski definition) is 6. The van der Waals surface area contributed by atoms with Gasteiger partial charge in [-0.2, -0.15) is 0 Å². The van der Waals surface area contributed by atoms with E-state index in [4.69, 9.17) is 18.9 Å². The smallest absolute Gasteiger partial charge is 0.343 e. The molecule has 3 rings (SSSR count). The predicted octanol–water partition coefficient (Wildman–Crippen LogP) is 4.40. The molecule has 0 aliphatic rings. The van der Waals surface area contributed by atoms with Crippen molar-refractivity contribution in [1.29, 1.82) is 0 Å². The molecule has 0 fully saturated rings. The Hall–Kier alpha value is -3.28. The number of ether oxygens (including phenoxy) is 4. The van der Waals surface area contributed by atoms with E-state index in [-0.39, 0.29) is 18.1 Å². The number of esters is 1. The molecule has 0 N–H and O–H groups in total. The summed E-state index contributed by atoms with van der Waals surface area (Å²) in [5, 5.41) is 0.732. The number of aromatic nitrogens is 1. The van der Waals surface area contributed by atoms with Gasteiger partial charge in [0, 0.05) is 11.5 Å². The summed E-state index contributed by atoms with van der Waals surface area (Å²) >= 11 is 0. The molecule has 0 amide bonds. The highest BCUT2D eigenvalue weighted by Gasteiger charge is 2.18. The summed E-state index contributed by atoms with van der Waals surface area (Å²) in [7, 11) is 1.57. The van der Waals surface area contributed by atoms with Crippen LogP contribution in [-0.2, 0) is 11.3 Å². The first-order valence-electron chi connectivity index (χ1n) is 9.15. The number of carbonyl (C=O) groups excluding carboxylic acids is 1. The quantitative estimate of drug-likeness (QED) is 0.539. The molecule has 0 saturated carbocycles. The van der Waals surface area contributed by atoms with E-state index >= 15 is 0 Å². The number of rotatable bonds is 8. The van der Waals surface area contributed by atoms with Gasteiger partial charge >= 0.3 is 5.97 Å². The first-order chi connectivity index (χ1) is 13.7. The lowest BCUT2D eigenvalue weighted by Crippen LogP contribution is -2.09. The van der Waals surface area contributed by atoms with Crippen molar-refractivity contribution in [3.8, 4) is 17.4 Å². The zero-order chi connectivity index (χ0) is 19.9. The van der Waals surface area contributed by atoms with E-state index in [0.29, 0.717) is 30.2 Å². The zero-order valence-electron chi connectivity index (χ0n) is 16.2. The maximum atomic E-state index is 12.3. The largest absolute Gasteiger partial charge is 0.493 e. The summed E-state index contributed by atoms with van der Waals surface area (Å²) in [6.45, 7) is 4.66. The molecule has 3 aromatic rings. The van der Waals surface area contributed by atoms with Gasteiger partial charge in [0.15, 0.2) is 11.5 Å². The third kappa shape index (κ3) is 4.34. The average molecular weight is 381 g/mol. The molecule has 0 radical (unpaired) electrons. The number of fused-ring (bicyclic) bond motifs is 1. The van der Waals surface area contributed by atoms with Gasteiger partial charge in [-0.1, -0.05) is 30.3 Å².